The lowest BCUT2D eigenvalue weighted by Gasteiger charge is -2.08. The molecule has 1 heterocycles. The van der Waals surface area contributed by atoms with Crippen molar-refractivity contribution >= 4 is 17.3 Å². The summed E-state index contributed by atoms with van der Waals surface area (Å²) in [4.78, 5) is 16.0. The number of carbonyl (C=O) groups is 1. The fraction of sp³-hybridized carbons (Fsp3) is 0.200. The molecule has 0 aliphatic carbocycles. The van der Waals surface area contributed by atoms with Crippen LogP contribution >= 0.6 is 0 Å². The standard InChI is InChI=1S/C15H15F2N3O/c1-2-6-18-11-5-7-19-14(9-11)15(21)20-13-4-3-10(16)8-12(13)17/h3-5,7-9H,2,6H2,1H3,(H,18,19)(H,20,21). The summed E-state index contributed by atoms with van der Waals surface area (Å²) in [6, 6.07) is 6.27. The van der Waals surface area contributed by atoms with E-state index in [1.165, 1.54) is 12.3 Å². The van der Waals surface area contributed by atoms with Crippen LogP contribution in [0.3, 0.4) is 0 Å². The summed E-state index contributed by atoms with van der Waals surface area (Å²) in [6.07, 6.45) is 2.44. The van der Waals surface area contributed by atoms with Crippen molar-refractivity contribution in [3.05, 3.63) is 53.9 Å². The molecule has 0 spiro atoms. The van der Waals surface area contributed by atoms with Crippen LogP contribution in [0.1, 0.15) is 23.8 Å². The van der Waals surface area contributed by atoms with Crippen molar-refractivity contribution < 1.29 is 13.6 Å². The first-order valence-electron chi connectivity index (χ1n) is 6.56. The van der Waals surface area contributed by atoms with Crippen molar-refractivity contribution in [2.24, 2.45) is 0 Å². The molecule has 4 nitrogen and oxygen atoms in total. The Morgan fingerprint density at radius 2 is 2.05 bits per heavy atom. The molecule has 110 valence electrons. The molecule has 0 fully saturated rings. The predicted molar refractivity (Wildman–Crippen MR) is 77.3 cm³/mol. The lowest BCUT2D eigenvalue weighted by Crippen LogP contribution is -2.15. The van der Waals surface area contributed by atoms with Crippen molar-refractivity contribution in [2.45, 2.75) is 13.3 Å². The lowest BCUT2D eigenvalue weighted by molar-refractivity contribution is 0.102. The van der Waals surface area contributed by atoms with E-state index in [2.05, 4.69) is 15.6 Å². The Kier molecular flexibility index (Phi) is 4.81. The average Bonchev–Trinajstić information content (AvgIpc) is 2.48. The van der Waals surface area contributed by atoms with Crippen LogP contribution in [-0.2, 0) is 0 Å². The fourth-order valence-corrected chi connectivity index (χ4v) is 1.71. The van der Waals surface area contributed by atoms with Crippen LogP contribution in [0.15, 0.2) is 36.5 Å². The smallest absolute Gasteiger partial charge is 0.274 e. The van der Waals surface area contributed by atoms with Gasteiger partial charge in [-0.2, -0.15) is 0 Å². The Morgan fingerprint density at radius 1 is 1.24 bits per heavy atom. The van der Waals surface area contributed by atoms with Gasteiger partial charge in [-0.15, -0.1) is 0 Å². The third kappa shape index (κ3) is 3.98. The number of hydrogen-bond acceptors (Lipinski definition) is 3. The number of amides is 1. The zero-order chi connectivity index (χ0) is 15.2. The van der Waals surface area contributed by atoms with E-state index in [1.807, 2.05) is 6.92 Å². The summed E-state index contributed by atoms with van der Waals surface area (Å²) in [6.45, 7) is 2.80. The van der Waals surface area contributed by atoms with Gasteiger partial charge in [-0.25, -0.2) is 8.78 Å². The van der Waals surface area contributed by atoms with Crippen LogP contribution in [0, 0.1) is 11.6 Å². The normalized spacial score (nSPS) is 10.2. The number of carbonyl (C=O) groups excluding carboxylic acids is 1. The molecule has 2 rings (SSSR count). The molecule has 0 aliphatic rings. The highest BCUT2D eigenvalue weighted by Crippen LogP contribution is 2.16. The second-order valence-electron chi connectivity index (χ2n) is 4.43. The zero-order valence-electron chi connectivity index (χ0n) is 11.5. The largest absolute Gasteiger partial charge is 0.385 e. The van der Waals surface area contributed by atoms with Gasteiger partial charge in [0.05, 0.1) is 5.69 Å². The minimum absolute atomic E-state index is 0.0879. The third-order valence-corrected chi connectivity index (χ3v) is 2.75. The van der Waals surface area contributed by atoms with E-state index in [0.717, 1.165) is 24.7 Å². The molecule has 6 heteroatoms. The van der Waals surface area contributed by atoms with Crippen LogP contribution in [0.4, 0.5) is 20.2 Å². The summed E-state index contributed by atoms with van der Waals surface area (Å²) >= 11 is 0. The molecule has 1 amide bonds. The van der Waals surface area contributed by atoms with Crippen LogP contribution in [-0.4, -0.2) is 17.4 Å². The maximum absolute atomic E-state index is 13.5. The van der Waals surface area contributed by atoms with E-state index in [0.29, 0.717) is 6.07 Å². The van der Waals surface area contributed by atoms with Crippen molar-refractivity contribution in [2.75, 3.05) is 17.2 Å². The number of benzene rings is 1. The lowest BCUT2D eigenvalue weighted by atomic mass is 10.2. The maximum atomic E-state index is 13.5. The van der Waals surface area contributed by atoms with E-state index >= 15 is 0 Å². The molecule has 0 saturated carbocycles. The van der Waals surface area contributed by atoms with Crippen molar-refractivity contribution in [1.82, 2.24) is 4.98 Å². The molecule has 1 aromatic carbocycles. The average molecular weight is 291 g/mol. The molecule has 0 aliphatic heterocycles. The van der Waals surface area contributed by atoms with Crippen molar-refractivity contribution in [1.29, 1.82) is 0 Å². The Hall–Kier alpha value is -2.50. The monoisotopic (exact) mass is 291 g/mol. The number of rotatable bonds is 5. The zero-order valence-corrected chi connectivity index (χ0v) is 11.5. The van der Waals surface area contributed by atoms with E-state index in [4.69, 9.17) is 0 Å². The van der Waals surface area contributed by atoms with E-state index in [1.54, 1.807) is 12.1 Å². The van der Waals surface area contributed by atoms with Crippen molar-refractivity contribution in [3.8, 4) is 0 Å². The molecule has 2 N–H and O–H groups in total. The fourth-order valence-electron chi connectivity index (χ4n) is 1.71. The minimum atomic E-state index is -0.830. The topological polar surface area (TPSA) is 54.0 Å². The molecule has 0 bridgehead atoms. The summed E-state index contributed by atoms with van der Waals surface area (Å²) in [7, 11) is 0. The Labute approximate surface area is 121 Å². The van der Waals surface area contributed by atoms with Crippen LogP contribution in [0.2, 0.25) is 0 Å². The number of hydrogen-bond donors (Lipinski definition) is 2. The predicted octanol–water partition coefficient (Wildman–Crippen LogP) is 3.43. The molecule has 0 saturated heterocycles. The molecular weight excluding hydrogens is 276 g/mol. The molecule has 21 heavy (non-hydrogen) atoms. The van der Waals surface area contributed by atoms with E-state index in [-0.39, 0.29) is 11.4 Å². The van der Waals surface area contributed by atoms with Crippen LogP contribution in [0.5, 0.6) is 0 Å². The number of aromatic nitrogens is 1. The number of nitrogens with zero attached hydrogens (tertiary/aromatic N) is 1. The van der Waals surface area contributed by atoms with Gasteiger partial charge in [0.25, 0.3) is 5.91 Å². The van der Waals surface area contributed by atoms with Gasteiger partial charge in [-0.3, -0.25) is 9.78 Å². The third-order valence-electron chi connectivity index (χ3n) is 2.75. The Balaban J connectivity index is 2.12. The number of halogens is 2. The molecular formula is C15H15F2N3O. The summed E-state index contributed by atoms with van der Waals surface area (Å²) in [5, 5.41) is 5.49. The van der Waals surface area contributed by atoms with Gasteiger partial charge >= 0.3 is 0 Å². The van der Waals surface area contributed by atoms with Gasteiger partial charge in [0.2, 0.25) is 0 Å². The quantitative estimate of drug-likeness (QED) is 0.887. The first kappa shape index (κ1) is 14.9. The molecule has 2 aromatic rings. The van der Waals surface area contributed by atoms with Gasteiger partial charge in [0.1, 0.15) is 17.3 Å². The van der Waals surface area contributed by atoms with Crippen LogP contribution < -0.4 is 10.6 Å². The SMILES string of the molecule is CCCNc1ccnc(C(=O)Nc2ccc(F)cc2F)c1. The number of nitrogens with one attached hydrogen (secondary N) is 2. The molecule has 0 unspecified atom stereocenters. The molecule has 0 atom stereocenters. The van der Waals surface area contributed by atoms with Gasteiger partial charge in [0.15, 0.2) is 0 Å². The second kappa shape index (κ2) is 6.78. The minimum Gasteiger partial charge on any atom is -0.385 e. The summed E-state index contributed by atoms with van der Waals surface area (Å²) < 4.78 is 26.3. The Bertz CT molecular complexity index is 647. The highest BCUT2D eigenvalue weighted by atomic mass is 19.1. The summed E-state index contributed by atoms with van der Waals surface area (Å²) in [5.74, 6) is -2.08. The first-order valence-corrected chi connectivity index (χ1v) is 6.56. The molecule has 1 aromatic heterocycles. The summed E-state index contributed by atoms with van der Waals surface area (Å²) in [5.41, 5.74) is 0.825. The van der Waals surface area contributed by atoms with Gasteiger partial charge < -0.3 is 10.6 Å². The van der Waals surface area contributed by atoms with Crippen molar-refractivity contribution in [3.63, 3.8) is 0 Å². The highest BCUT2D eigenvalue weighted by molar-refractivity contribution is 6.03. The maximum Gasteiger partial charge on any atom is 0.274 e. The molecule has 0 radical (unpaired) electrons. The van der Waals surface area contributed by atoms with Gasteiger partial charge in [-0.1, -0.05) is 6.92 Å². The second-order valence-corrected chi connectivity index (χ2v) is 4.43. The van der Waals surface area contributed by atoms with E-state index in [9.17, 15) is 13.6 Å². The number of pyridine rings is 1. The highest BCUT2D eigenvalue weighted by Gasteiger charge is 2.11. The Morgan fingerprint density at radius 3 is 2.76 bits per heavy atom. The van der Waals surface area contributed by atoms with Gasteiger partial charge in [0, 0.05) is 24.5 Å². The first-order chi connectivity index (χ1) is 10.1. The number of anilines is 2. The van der Waals surface area contributed by atoms with Crippen LogP contribution in [0.25, 0.3) is 0 Å². The van der Waals surface area contributed by atoms with Gasteiger partial charge in [-0.05, 0) is 30.7 Å². The van der Waals surface area contributed by atoms with E-state index < -0.39 is 17.5 Å².